The quantitative estimate of drug-likeness (QED) is 0.479. The van der Waals surface area contributed by atoms with Crippen molar-refractivity contribution in [3.63, 3.8) is 0 Å². The van der Waals surface area contributed by atoms with Crippen LogP contribution in [0.1, 0.15) is 12.5 Å². The van der Waals surface area contributed by atoms with Gasteiger partial charge >= 0.3 is 0 Å². The van der Waals surface area contributed by atoms with E-state index in [0.29, 0.717) is 0 Å². The molecule has 5 heteroatoms. The highest BCUT2D eigenvalue weighted by Gasteiger charge is 2.17. The first kappa shape index (κ1) is 17.2. The van der Waals surface area contributed by atoms with Crippen LogP contribution in [0, 0.1) is 0 Å². The average molecular weight is 328 g/mol. The van der Waals surface area contributed by atoms with E-state index in [2.05, 4.69) is 48.5 Å². The van der Waals surface area contributed by atoms with Crippen LogP contribution >= 0.6 is 12.6 Å². The standard InChI is InChI=1S/C18H24N4S/c1-3-22(2)21-18(13-23)17-12-20-11-16(17)9-15(10-19)14-7-5-4-6-8-14/h4-10,12-13,20-21,23H,3,11,19H2,1-2H3/b15-10+,16-9+,18-13-. The van der Waals surface area contributed by atoms with E-state index in [-0.39, 0.29) is 0 Å². The zero-order chi connectivity index (χ0) is 16.7. The van der Waals surface area contributed by atoms with E-state index in [4.69, 9.17) is 5.73 Å². The summed E-state index contributed by atoms with van der Waals surface area (Å²) in [6.07, 6.45) is 5.77. The van der Waals surface area contributed by atoms with Crippen LogP contribution < -0.4 is 16.5 Å². The van der Waals surface area contributed by atoms with Gasteiger partial charge in [-0.3, -0.25) is 0 Å². The molecule has 0 saturated carbocycles. The average Bonchev–Trinajstić information content (AvgIpc) is 3.06. The summed E-state index contributed by atoms with van der Waals surface area (Å²) in [5.74, 6) is 0. The van der Waals surface area contributed by atoms with Gasteiger partial charge in [0.25, 0.3) is 0 Å². The Labute approximate surface area is 143 Å². The Balaban J connectivity index is 2.26. The van der Waals surface area contributed by atoms with Crippen molar-refractivity contribution in [1.82, 2.24) is 15.8 Å². The second-order valence-corrected chi connectivity index (χ2v) is 5.52. The normalized spacial score (nSPS) is 17.4. The Morgan fingerprint density at radius 2 is 2.13 bits per heavy atom. The lowest BCUT2D eigenvalue weighted by Crippen LogP contribution is -2.33. The second kappa shape index (κ2) is 8.50. The fraction of sp³-hybridized carbons (Fsp3) is 0.222. The van der Waals surface area contributed by atoms with E-state index in [1.807, 2.05) is 36.5 Å². The predicted octanol–water partition coefficient (Wildman–Crippen LogP) is 2.63. The first-order valence-corrected chi connectivity index (χ1v) is 8.15. The lowest BCUT2D eigenvalue weighted by molar-refractivity contribution is 0.283. The molecule has 0 bridgehead atoms. The minimum absolute atomic E-state index is 0.766. The van der Waals surface area contributed by atoms with Crippen LogP contribution in [0.3, 0.4) is 0 Å². The van der Waals surface area contributed by atoms with E-state index in [9.17, 15) is 0 Å². The summed E-state index contributed by atoms with van der Waals surface area (Å²) in [6.45, 7) is 3.75. The van der Waals surface area contributed by atoms with Gasteiger partial charge in [-0.25, -0.2) is 5.01 Å². The first-order chi connectivity index (χ1) is 11.2. The molecule has 0 fully saturated rings. The molecule has 1 aromatic rings. The van der Waals surface area contributed by atoms with E-state index in [0.717, 1.165) is 35.5 Å². The van der Waals surface area contributed by atoms with Crippen molar-refractivity contribution < 1.29 is 0 Å². The van der Waals surface area contributed by atoms with Gasteiger partial charge in [0.2, 0.25) is 0 Å². The van der Waals surface area contributed by atoms with E-state index in [1.54, 1.807) is 11.6 Å². The molecule has 122 valence electrons. The van der Waals surface area contributed by atoms with Gasteiger partial charge in [0.1, 0.15) is 0 Å². The number of rotatable bonds is 6. The Bertz CT molecular complexity index is 644. The largest absolute Gasteiger partial charge is 0.404 e. The molecule has 4 nitrogen and oxygen atoms in total. The molecule has 0 atom stereocenters. The van der Waals surface area contributed by atoms with Gasteiger partial charge in [0.05, 0.1) is 5.70 Å². The van der Waals surface area contributed by atoms with Gasteiger partial charge in [0.15, 0.2) is 0 Å². The van der Waals surface area contributed by atoms with Gasteiger partial charge in [-0.2, -0.15) is 0 Å². The number of benzene rings is 1. The molecule has 1 heterocycles. The molecular weight excluding hydrogens is 304 g/mol. The van der Waals surface area contributed by atoms with E-state index in [1.165, 1.54) is 5.57 Å². The summed E-state index contributed by atoms with van der Waals surface area (Å²) in [7, 11) is 2.00. The molecular formula is C18H24N4S. The third-order valence-corrected chi connectivity index (χ3v) is 3.96. The Hall–Kier alpha value is -2.11. The fourth-order valence-corrected chi connectivity index (χ4v) is 2.52. The summed E-state index contributed by atoms with van der Waals surface area (Å²) in [6, 6.07) is 10.1. The molecule has 0 amide bonds. The summed E-state index contributed by atoms with van der Waals surface area (Å²) in [5.41, 5.74) is 14.5. The fourth-order valence-electron chi connectivity index (χ4n) is 2.32. The first-order valence-electron chi connectivity index (χ1n) is 7.64. The number of nitrogens with one attached hydrogen (secondary N) is 2. The number of hydrazine groups is 1. The monoisotopic (exact) mass is 328 g/mol. The van der Waals surface area contributed by atoms with Crippen molar-refractivity contribution in [2.45, 2.75) is 6.92 Å². The lowest BCUT2D eigenvalue weighted by atomic mass is 10.00. The van der Waals surface area contributed by atoms with Crippen molar-refractivity contribution in [3.8, 4) is 0 Å². The zero-order valence-electron chi connectivity index (χ0n) is 13.6. The molecule has 0 spiro atoms. The number of hydrogen-bond acceptors (Lipinski definition) is 5. The number of allylic oxidation sites excluding steroid dienone is 3. The van der Waals surface area contributed by atoms with Crippen LogP contribution in [-0.4, -0.2) is 25.1 Å². The van der Waals surface area contributed by atoms with E-state index >= 15 is 0 Å². The van der Waals surface area contributed by atoms with Crippen LogP contribution in [0.4, 0.5) is 0 Å². The van der Waals surface area contributed by atoms with Gasteiger partial charge in [-0.05, 0) is 28.2 Å². The number of hydrogen-bond donors (Lipinski definition) is 4. The molecule has 1 aliphatic rings. The maximum absolute atomic E-state index is 5.84. The number of thiol groups is 1. The lowest BCUT2D eigenvalue weighted by Gasteiger charge is -2.20. The van der Waals surface area contributed by atoms with Crippen LogP contribution in [0.15, 0.2) is 71.1 Å². The summed E-state index contributed by atoms with van der Waals surface area (Å²) >= 11 is 4.34. The topological polar surface area (TPSA) is 53.3 Å². The van der Waals surface area contributed by atoms with Gasteiger partial charge in [0, 0.05) is 38.1 Å². The third kappa shape index (κ3) is 4.43. The van der Waals surface area contributed by atoms with Crippen LogP contribution in [0.25, 0.3) is 5.57 Å². The highest BCUT2D eigenvalue weighted by Crippen LogP contribution is 2.26. The highest BCUT2D eigenvalue weighted by molar-refractivity contribution is 7.83. The molecule has 0 saturated heterocycles. The van der Waals surface area contributed by atoms with Crippen LogP contribution in [-0.2, 0) is 0 Å². The summed E-state index contributed by atoms with van der Waals surface area (Å²) in [5, 5.41) is 7.07. The molecule has 1 aliphatic heterocycles. The number of nitrogens with zero attached hydrogens (tertiary/aromatic N) is 1. The third-order valence-electron chi connectivity index (χ3n) is 3.71. The molecule has 2 rings (SSSR count). The molecule has 0 aliphatic carbocycles. The van der Waals surface area contributed by atoms with Crippen LogP contribution in [0.2, 0.25) is 0 Å². The van der Waals surface area contributed by atoms with E-state index < -0.39 is 0 Å². The van der Waals surface area contributed by atoms with Crippen molar-refractivity contribution in [3.05, 3.63) is 76.6 Å². The molecule has 0 radical (unpaired) electrons. The predicted molar refractivity (Wildman–Crippen MR) is 101 cm³/mol. The Morgan fingerprint density at radius 3 is 2.74 bits per heavy atom. The minimum Gasteiger partial charge on any atom is -0.404 e. The van der Waals surface area contributed by atoms with Crippen molar-refractivity contribution in [2.75, 3.05) is 20.1 Å². The highest BCUT2D eigenvalue weighted by atomic mass is 32.1. The Morgan fingerprint density at radius 1 is 1.39 bits per heavy atom. The molecule has 0 aromatic heterocycles. The van der Waals surface area contributed by atoms with Crippen molar-refractivity contribution >= 4 is 18.2 Å². The maximum atomic E-state index is 5.84. The summed E-state index contributed by atoms with van der Waals surface area (Å²) in [4.78, 5) is 0. The minimum atomic E-state index is 0.766. The maximum Gasteiger partial charge on any atom is 0.0640 e. The Kier molecular flexibility index (Phi) is 6.38. The smallest absolute Gasteiger partial charge is 0.0640 e. The van der Waals surface area contributed by atoms with Crippen LogP contribution in [0.5, 0.6) is 0 Å². The molecule has 23 heavy (non-hydrogen) atoms. The number of nitrogens with two attached hydrogens (primary N) is 1. The molecule has 4 N–H and O–H groups in total. The van der Waals surface area contributed by atoms with Gasteiger partial charge in [-0.15, -0.1) is 12.6 Å². The second-order valence-electron chi connectivity index (χ2n) is 5.27. The van der Waals surface area contributed by atoms with Crippen molar-refractivity contribution in [2.24, 2.45) is 5.73 Å². The SMILES string of the molecule is CCN(C)N/C(=C\S)C1=CNC/C1=C\C(=C/N)c1ccccc1. The molecule has 0 unspecified atom stereocenters. The summed E-state index contributed by atoms with van der Waals surface area (Å²) < 4.78 is 0. The van der Waals surface area contributed by atoms with Crippen molar-refractivity contribution in [1.29, 1.82) is 0 Å². The molecule has 1 aromatic carbocycles. The van der Waals surface area contributed by atoms with Gasteiger partial charge < -0.3 is 16.5 Å². The zero-order valence-corrected chi connectivity index (χ0v) is 14.5. The van der Waals surface area contributed by atoms with Gasteiger partial charge in [-0.1, -0.05) is 37.3 Å².